The van der Waals surface area contributed by atoms with Crippen LogP contribution < -0.4 is 9.47 Å². The Morgan fingerprint density at radius 3 is 2.75 bits per heavy atom. The monoisotopic (exact) mass is 440 g/mol. The van der Waals surface area contributed by atoms with Gasteiger partial charge in [-0.2, -0.15) is 0 Å². The third kappa shape index (κ3) is 5.72. The Balaban J connectivity index is 1.68. The van der Waals surface area contributed by atoms with E-state index in [-0.39, 0.29) is 12.1 Å². The van der Waals surface area contributed by atoms with Crippen molar-refractivity contribution in [1.29, 1.82) is 0 Å². The van der Waals surface area contributed by atoms with E-state index in [1.807, 2.05) is 63.0 Å². The van der Waals surface area contributed by atoms with E-state index in [0.29, 0.717) is 19.6 Å². The lowest BCUT2D eigenvalue weighted by molar-refractivity contribution is -0.153. The smallest absolute Gasteiger partial charge is 0.311 e. The zero-order valence-corrected chi connectivity index (χ0v) is 20.0. The molecule has 0 amide bonds. The maximum Gasteiger partial charge on any atom is 0.311 e. The number of benzene rings is 1. The first-order chi connectivity index (χ1) is 15.4. The number of rotatable bonds is 11. The summed E-state index contributed by atoms with van der Waals surface area (Å²) in [5.74, 6) is 2.45. The number of carbonyl (C=O) groups is 1. The van der Waals surface area contributed by atoms with Crippen molar-refractivity contribution in [3.05, 3.63) is 42.0 Å². The van der Waals surface area contributed by atoms with E-state index in [0.717, 1.165) is 54.1 Å². The minimum absolute atomic E-state index is 0.000395. The summed E-state index contributed by atoms with van der Waals surface area (Å²) in [6.45, 7) is 8.80. The number of hydrogen-bond donors (Lipinski definition) is 0. The molecule has 1 aromatic carbocycles. The normalized spacial score (nSPS) is 15.5. The standard InChI is InChI=1S/C26H36N2O4/c1-6-8-10-23-21(24-27-14-15-28(24)5)18-19-17-20(11-12-22(19)32-23)31-16-9-13-26(3,4)25(29)30-7-2/h11-12,14-15,17-18,23H,6-10,13,16H2,1-5H3. The van der Waals surface area contributed by atoms with Crippen molar-refractivity contribution < 1.29 is 19.0 Å². The highest BCUT2D eigenvalue weighted by molar-refractivity contribution is 5.85. The molecule has 1 aliphatic heterocycles. The molecule has 0 N–H and O–H groups in total. The third-order valence-electron chi connectivity index (χ3n) is 5.85. The molecule has 2 aromatic rings. The first-order valence-corrected chi connectivity index (χ1v) is 11.7. The molecule has 3 rings (SSSR count). The number of carbonyl (C=O) groups excluding carboxylic acids is 1. The van der Waals surface area contributed by atoms with Crippen LogP contribution in [0.25, 0.3) is 11.6 Å². The van der Waals surface area contributed by atoms with Crippen LogP contribution in [0.1, 0.15) is 71.2 Å². The fourth-order valence-electron chi connectivity index (χ4n) is 3.90. The van der Waals surface area contributed by atoms with Crippen molar-refractivity contribution >= 4 is 17.6 Å². The van der Waals surface area contributed by atoms with E-state index < -0.39 is 5.41 Å². The fraction of sp³-hybridized carbons (Fsp3) is 0.538. The van der Waals surface area contributed by atoms with Crippen LogP contribution in [-0.2, 0) is 16.6 Å². The molecule has 6 nitrogen and oxygen atoms in total. The van der Waals surface area contributed by atoms with E-state index in [1.165, 1.54) is 0 Å². The maximum absolute atomic E-state index is 12.0. The summed E-state index contributed by atoms with van der Waals surface area (Å²) in [5, 5.41) is 0. The number of aryl methyl sites for hydroxylation is 1. The number of hydrogen-bond acceptors (Lipinski definition) is 5. The van der Waals surface area contributed by atoms with E-state index in [9.17, 15) is 4.79 Å². The summed E-state index contributed by atoms with van der Waals surface area (Å²) in [6, 6.07) is 5.95. The maximum atomic E-state index is 12.0. The van der Waals surface area contributed by atoms with Crippen molar-refractivity contribution in [1.82, 2.24) is 9.55 Å². The first kappa shape index (κ1) is 23.9. The second-order valence-electron chi connectivity index (χ2n) is 8.97. The average Bonchev–Trinajstić information content (AvgIpc) is 3.20. The van der Waals surface area contributed by atoms with Crippen molar-refractivity contribution in [2.45, 2.75) is 65.9 Å². The van der Waals surface area contributed by atoms with Crippen molar-refractivity contribution in [3.8, 4) is 11.5 Å². The molecule has 1 unspecified atom stereocenters. The molecule has 0 bridgehead atoms. The van der Waals surface area contributed by atoms with E-state index in [4.69, 9.17) is 14.2 Å². The Labute approximate surface area is 191 Å². The largest absolute Gasteiger partial charge is 0.494 e. The summed E-state index contributed by atoms with van der Waals surface area (Å²) < 4.78 is 19.6. The molecule has 0 spiro atoms. The lowest BCUT2D eigenvalue weighted by Crippen LogP contribution is -2.27. The lowest BCUT2D eigenvalue weighted by Gasteiger charge is -2.27. The molecule has 1 aliphatic rings. The number of nitrogens with zero attached hydrogens (tertiary/aromatic N) is 2. The van der Waals surface area contributed by atoms with Crippen LogP contribution in [0.15, 0.2) is 30.6 Å². The third-order valence-corrected chi connectivity index (χ3v) is 5.85. The van der Waals surface area contributed by atoms with Crippen molar-refractivity contribution in [2.24, 2.45) is 12.5 Å². The molecule has 0 fully saturated rings. The molecular formula is C26H36N2O4. The van der Waals surface area contributed by atoms with Crippen LogP contribution in [0.3, 0.4) is 0 Å². The molecule has 0 radical (unpaired) electrons. The fourth-order valence-corrected chi connectivity index (χ4v) is 3.90. The van der Waals surface area contributed by atoms with Gasteiger partial charge in [0.2, 0.25) is 0 Å². The van der Waals surface area contributed by atoms with Crippen LogP contribution in [-0.4, -0.2) is 34.8 Å². The number of esters is 1. The SMILES string of the molecule is CCCCC1Oc2ccc(OCCCC(C)(C)C(=O)OCC)cc2C=C1c1nccn1C. The van der Waals surface area contributed by atoms with Gasteiger partial charge in [0.25, 0.3) is 0 Å². The molecule has 0 aliphatic carbocycles. The van der Waals surface area contributed by atoms with Gasteiger partial charge in [-0.05, 0) is 70.7 Å². The van der Waals surface area contributed by atoms with Gasteiger partial charge in [0.1, 0.15) is 23.4 Å². The quantitative estimate of drug-likeness (QED) is 0.333. The van der Waals surface area contributed by atoms with Gasteiger partial charge in [0, 0.05) is 30.6 Å². The van der Waals surface area contributed by atoms with Gasteiger partial charge in [-0.3, -0.25) is 4.79 Å². The number of aromatic nitrogens is 2. The molecular weight excluding hydrogens is 404 g/mol. The van der Waals surface area contributed by atoms with E-state index in [1.54, 1.807) is 0 Å². The summed E-state index contributed by atoms with van der Waals surface area (Å²) in [7, 11) is 2.01. The van der Waals surface area contributed by atoms with Gasteiger partial charge in [0.15, 0.2) is 0 Å². The Hall–Kier alpha value is -2.76. The molecule has 6 heteroatoms. The molecule has 174 valence electrons. The van der Waals surface area contributed by atoms with Crippen LogP contribution in [0.4, 0.5) is 0 Å². The topological polar surface area (TPSA) is 62.6 Å². The highest BCUT2D eigenvalue weighted by Crippen LogP contribution is 2.37. The number of unbranched alkanes of at least 4 members (excludes halogenated alkanes) is 1. The average molecular weight is 441 g/mol. The summed E-state index contributed by atoms with van der Waals surface area (Å²) in [4.78, 5) is 16.6. The predicted octanol–water partition coefficient (Wildman–Crippen LogP) is 5.66. The molecule has 2 heterocycles. The second kappa shape index (κ2) is 10.7. The van der Waals surface area contributed by atoms with Crippen LogP contribution in [0, 0.1) is 5.41 Å². The van der Waals surface area contributed by atoms with E-state index >= 15 is 0 Å². The molecule has 1 atom stereocenters. The number of ether oxygens (including phenoxy) is 3. The predicted molar refractivity (Wildman–Crippen MR) is 127 cm³/mol. The highest BCUT2D eigenvalue weighted by atomic mass is 16.5. The van der Waals surface area contributed by atoms with Crippen LogP contribution >= 0.6 is 0 Å². The van der Waals surface area contributed by atoms with Crippen LogP contribution in [0.2, 0.25) is 0 Å². The Morgan fingerprint density at radius 2 is 2.06 bits per heavy atom. The molecule has 0 saturated carbocycles. The zero-order chi connectivity index (χ0) is 23.1. The molecule has 32 heavy (non-hydrogen) atoms. The summed E-state index contributed by atoms with van der Waals surface area (Å²) in [6.07, 6.45) is 10.6. The Bertz CT molecular complexity index is 945. The lowest BCUT2D eigenvalue weighted by atomic mass is 9.88. The van der Waals surface area contributed by atoms with Crippen molar-refractivity contribution in [2.75, 3.05) is 13.2 Å². The molecule has 0 saturated heterocycles. The van der Waals surface area contributed by atoms with Gasteiger partial charge in [-0.25, -0.2) is 4.98 Å². The van der Waals surface area contributed by atoms with Gasteiger partial charge in [-0.1, -0.05) is 13.3 Å². The highest BCUT2D eigenvalue weighted by Gasteiger charge is 2.29. The minimum Gasteiger partial charge on any atom is -0.494 e. The summed E-state index contributed by atoms with van der Waals surface area (Å²) in [5.41, 5.74) is 1.60. The first-order valence-electron chi connectivity index (χ1n) is 11.7. The minimum atomic E-state index is -0.504. The Kier molecular flexibility index (Phi) is 7.99. The number of imidazole rings is 1. The van der Waals surface area contributed by atoms with E-state index in [2.05, 4.69) is 18.0 Å². The van der Waals surface area contributed by atoms with Gasteiger partial charge >= 0.3 is 5.97 Å². The van der Waals surface area contributed by atoms with Gasteiger partial charge in [0.05, 0.1) is 18.6 Å². The summed E-state index contributed by atoms with van der Waals surface area (Å²) >= 11 is 0. The number of fused-ring (bicyclic) bond motifs is 1. The second-order valence-corrected chi connectivity index (χ2v) is 8.97. The van der Waals surface area contributed by atoms with Crippen LogP contribution in [0.5, 0.6) is 11.5 Å². The Morgan fingerprint density at radius 1 is 1.25 bits per heavy atom. The zero-order valence-electron chi connectivity index (χ0n) is 20.0. The molecule has 1 aromatic heterocycles. The van der Waals surface area contributed by atoms with Crippen molar-refractivity contribution in [3.63, 3.8) is 0 Å². The van der Waals surface area contributed by atoms with Gasteiger partial charge in [-0.15, -0.1) is 0 Å². The van der Waals surface area contributed by atoms with Gasteiger partial charge < -0.3 is 18.8 Å².